The lowest BCUT2D eigenvalue weighted by Crippen LogP contribution is -2.35. The molecule has 0 radical (unpaired) electrons. The molecule has 1 amide bonds. The lowest BCUT2D eigenvalue weighted by molar-refractivity contribution is -0.384. The fourth-order valence-corrected chi connectivity index (χ4v) is 3.73. The molecule has 30 heavy (non-hydrogen) atoms. The molecule has 0 saturated heterocycles. The maximum absolute atomic E-state index is 13.3. The number of fused-ring (bicyclic) bond motifs is 1. The molecule has 2 aromatic heterocycles. The monoisotopic (exact) mass is 427 g/mol. The Hall–Kier alpha value is -3.79. The van der Waals surface area contributed by atoms with Crippen LogP contribution in [-0.2, 0) is 17.9 Å². The van der Waals surface area contributed by atoms with Crippen molar-refractivity contribution in [3.05, 3.63) is 91.3 Å². The Bertz CT molecular complexity index is 1280. The third-order valence-corrected chi connectivity index (χ3v) is 5.35. The maximum atomic E-state index is 13.3. The second-order valence-corrected chi connectivity index (χ2v) is 7.43. The number of halogens is 1. The molecule has 0 fully saturated rings. The van der Waals surface area contributed by atoms with Gasteiger partial charge in [-0.05, 0) is 41.8 Å². The van der Waals surface area contributed by atoms with Gasteiger partial charge < -0.3 is 9.32 Å². The number of benzene rings is 2. The van der Waals surface area contributed by atoms with Crippen LogP contribution < -0.4 is 10.7 Å². The van der Waals surface area contributed by atoms with Gasteiger partial charge in [0.15, 0.2) is 5.58 Å². The van der Waals surface area contributed by atoms with Crippen molar-refractivity contribution in [2.45, 2.75) is 13.1 Å². The number of nitrogens with zero attached hydrogens (tertiary/aromatic N) is 3. The van der Waals surface area contributed by atoms with Gasteiger partial charge >= 0.3 is 5.76 Å². The molecule has 10 heteroatoms. The number of thiophene rings is 1. The number of carbonyl (C=O) groups excluding carboxylic acids is 1. The highest BCUT2D eigenvalue weighted by molar-refractivity contribution is 7.09. The third kappa shape index (κ3) is 3.85. The van der Waals surface area contributed by atoms with Gasteiger partial charge in [-0.1, -0.05) is 6.07 Å². The van der Waals surface area contributed by atoms with Crippen molar-refractivity contribution in [2.75, 3.05) is 4.90 Å². The first kappa shape index (κ1) is 19.5. The number of anilines is 1. The quantitative estimate of drug-likeness (QED) is 0.343. The molecule has 0 bridgehead atoms. The van der Waals surface area contributed by atoms with Crippen molar-refractivity contribution in [1.82, 2.24) is 4.57 Å². The van der Waals surface area contributed by atoms with E-state index in [0.717, 1.165) is 15.5 Å². The predicted molar refractivity (Wildman–Crippen MR) is 109 cm³/mol. The summed E-state index contributed by atoms with van der Waals surface area (Å²) >= 11 is 1.47. The molecular weight excluding hydrogens is 413 g/mol. The number of nitro groups is 1. The van der Waals surface area contributed by atoms with E-state index in [9.17, 15) is 24.1 Å². The van der Waals surface area contributed by atoms with Gasteiger partial charge in [0.05, 0.1) is 23.1 Å². The van der Waals surface area contributed by atoms with E-state index in [1.165, 1.54) is 52.6 Å². The minimum absolute atomic E-state index is 0.0218. The standard InChI is InChI=1S/C20H14FN3O5S/c21-13-3-5-14(6-4-13)22(11-16-2-1-9-30-16)19(25)12-23-17-8-7-15(24(27)28)10-18(17)29-20(23)26/h1-10H,11-12H2. The van der Waals surface area contributed by atoms with Gasteiger partial charge in [-0.2, -0.15) is 0 Å². The molecule has 0 aliphatic carbocycles. The largest absolute Gasteiger partial charge is 0.420 e. The van der Waals surface area contributed by atoms with E-state index in [0.29, 0.717) is 5.69 Å². The van der Waals surface area contributed by atoms with Crippen molar-refractivity contribution >= 4 is 39.7 Å². The molecule has 8 nitrogen and oxygen atoms in total. The van der Waals surface area contributed by atoms with Gasteiger partial charge in [0, 0.05) is 16.6 Å². The maximum Gasteiger partial charge on any atom is 0.420 e. The van der Waals surface area contributed by atoms with E-state index < -0.39 is 22.4 Å². The summed E-state index contributed by atoms with van der Waals surface area (Å²) in [6.45, 7) is -0.0927. The Morgan fingerprint density at radius 2 is 1.97 bits per heavy atom. The van der Waals surface area contributed by atoms with Crippen molar-refractivity contribution in [3.8, 4) is 0 Å². The van der Waals surface area contributed by atoms with Gasteiger partial charge in [-0.25, -0.2) is 9.18 Å². The van der Waals surface area contributed by atoms with E-state index in [4.69, 9.17) is 4.42 Å². The number of nitro benzene ring substituents is 1. The number of oxazole rings is 1. The van der Waals surface area contributed by atoms with Crippen LogP contribution in [0.3, 0.4) is 0 Å². The Balaban J connectivity index is 1.68. The van der Waals surface area contributed by atoms with Crippen LogP contribution in [0.25, 0.3) is 11.1 Å². The number of rotatable bonds is 6. The molecule has 4 aromatic rings. The van der Waals surface area contributed by atoms with Gasteiger partial charge in [-0.3, -0.25) is 19.5 Å². The van der Waals surface area contributed by atoms with E-state index in [1.807, 2.05) is 17.5 Å². The number of hydrogen-bond donors (Lipinski definition) is 0. The molecule has 2 heterocycles. The van der Waals surface area contributed by atoms with Crippen LogP contribution in [0.15, 0.2) is 69.2 Å². The summed E-state index contributed by atoms with van der Waals surface area (Å²) < 4.78 is 19.5. The fraction of sp³-hybridized carbons (Fsp3) is 0.100. The first-order chi connectivity index (χ1) is 14.4. The molecule has 0 N–H and O–H groups in total. The molecule has 0 aliphatic rings. The van der Waals surface area contributed by atoms with Crippen LogP contribution in [-0.4, -0.2) is 15.4 Å². The predicted octanol–water partition coefficient (Wildman–Crippen LogP) is 3.94. The molecule has 0 spiro atoms. The highest BCUT2D eigenvalue weighted by atomic mass is 32.1. The van der Waals surface area contributed by atoms with Gasteiger partial charge in [-0.15, -0.1) is 11.3 Å². The molecule has 0 atom stereocenters. The first-order valence-electron chi connectivity index (χ1n) is 8.78. The van der Waals surface area contributed by atoms with Gasteiger partial charge in [0.2, 0.25) is 5.91 Å². The summed E-state index contributed by atoms with van der Waals surface area (Å²) in [7, 11) is 0. The molecule has 2 aromatic carbocycles. The van der Waals surface area contributed by atoms with E-state index in [2.05, 4.69) is 0 Å². The average Bonchev–Trinajstić information content (AvgIpc) is 3.34. The Morgan fingerprint density at radius 1 is 1.20 bits per heavy atom. The number of carbonyl (C=O) groups is 1. The summed E-state index contributed by atoms with van der Waals surface area (Å²) in [5, 5.41) is 12.8. The summed E-state index contributed by atoms with van der Waals surface area (Å²) in [5.74, 6) is -1.65. The number of hydrogen-bond acceptors (Lipinski definition) is 6. The number of non-ortho nitro benzene ring substituents is 1. The molecule has 4 rings (SSSR count). The smallest absolute Gasteiger partial charge is 0.407 e. The van der Waals surface area contributed by atoms with E-state index >= 15 is 0 Å². The van der Waals surface area contributed by atoms with Crippen LogP contribution in [0, 0.1) is 15.9 Å². The van der Waals surface area contributed by atoms with E-state index in [-0.39, 0.29) is 29.9 Å². The fourth-order valence-electron chi connectivity index (χ4n) is 3.04. The van der Waals surface area contributed by atoms with Crippen molar-refractivity contribution < 1.29 is 18.5 Å². The molecule has 0 unspecified atom stereocenters. The van der Waals surface area contributed by atoms with Gasteiger partial charge in [0.25, 0.3) is 5.69 Å². The Morgan fingerprint density at radius 3 is 2.63 bits per heavy atom. The van der Waals surface area contributed by atoms with Crippen LogP contribution in [0.4, 0.5) is 15.8 Å². The van der Waals surface area contributed by atoms with E-state index in [1.54, 1.807) is 0 Å². The van der Waals surface area contributed by atoms with Crippen LogP contribution in [0.2, 0.25) is 0 Å². The lowest BCUT2D eigenvalue weighted by Gasteiger charge is -2.22. The summed E-state index contributed by atoms with van der Waals surface area (Å²) in [6, 6.07) is 12.9. The van der Waals surface area contributed by atoms with Crippen LogP contribution >= 0.6 is 11.3 Å². The minimum Gasteiger partial charge on any atom is -0.407 e. The van der Waals surface area contributed by atoms with Crippen molar-refractivity contribution in [1.29, 1.82) is 0 Å². The molecule has 0 aliphatic heterocycles. The van der Waals surface area contributed by atoms with Crippen molar-refractivity contribution in [2.24, 2.45) is 0 Å². The normalized spacial score (nSPS) is 11.0. The summed E-state index contributed by atoms with van der Waals surface area (Å²) in [4.78, 5) is 38.1. The number of amides is 1. The summed E-state index contributed by atoms with van der Waals surface area (Å²) in [5.41, 5.74) is 0.550. The van der Waals surface area contributed by atoms with Gasteiger partial charge in [0.1, 0.15) is 12.4 Å². The average molecular weight is 427 g/mol. The molecule has 152 valence electrons. The zero-order valence-corrected chi connectivity index (χ0v) is 16.2. The lowest BCUT2D eigenvalue weighted by atomic mass is 10.2. The Kier molecular flexibility index (Phi) is 5.15. The first-order valence-corrected chi connectivity index (χ1v) is 9.66. The minimum atomic E-state index is -0.797. The van der Waals surface area contributed by atoms with Crippen LogP contribution in [0.1, 0.15) is 4.88 Å². The highest BCUT2D eigenvalue weighted by Crippen LogP contribution is 2.23. The highest BCUT2D eigenvalue weighted by Gasteiger charge is 2.21. The zero-order valence-electron chi connectivity index (χ0n) is 15.4. The second-order valence-electron chi connectivity index (χ2n) is 6.40. The van der Waals surface area contributed by atoms with Crippen LogP contribution in [0.5, 0.6) is 0 Å². The third-order valence-electron chi connectivity index (χ3n) is 4.49. The summed E-state index contributed by atoms with van der Waals surface area (Å²) in [6.07, 6.45) is 0. The Labute approximate surface area is 172 Å². The second kappa shape index (κ2) is 7.91. The zero-order chi connectivity index (χ0) is 21.3. The van der Waals surface area contributed by atoms with Crippen molar-refractivity contribution in [3.63, 3.8) is 0 Å². The molecular formula is C20H14FN3O5S. The molecule has 0 saturated carbocycles. The topological polar surface area (TPSA) is 98.6 Å². The SMILES string of the molecule is O=C(Cn1c(=O)oc2cc([N+](=O)[O-])ccc21)N(Cc1cccs1)c1ccc(F)cc1. The number of aromatic nitrogens is 1.